The van der Waals surface area contributed by atoms with Crippen LogP contribution in [0.2, 0.25) is 0 Å². The van der Waals surface area contributed by atoms with Gasteiger partial charge >= 0.3 is 0 Å². The summed E-state index contributed by atoms with van der Waals surface area (Å²) in [7, 11) is 0. The van der Waals surface area contributed by atoms with E-state index in [9.17, 15) is 5.11 Å². The Labute approximate surface area is 144 Å². The molecule has 3 heteroatoms. The van der Waals surface area contributed by atoms with Crippen LogP contribution in [0.4, 0.5) is 0 Å². The van der Waals surface area contributed by atoms with Crippen LogP contribution in [-0.4, -0.2) is 42.4 Å². The first-order valence-electron chi connectivity index (χ1n) is 8.86. The number of benzene rings is 2. The van der Waals surface area contributed by atoms with Crippen molar-refractivity contribution in [1.82, 2.24) is 4.90 Å². The molecule has 2 aromatic carbocycles. The quantitative estimate of drug-likeness (QED) is 0.880. The molecule has 0 saturated carbocycles. The molecule has 0 unspecified atom stereocenters. The molecule has 0 radical (unpaired) electrons. The number of piperidine rings is 1. The van der Waals surface area contributed by atoms with Gasteiger partial charge in [-0.05, 0) is 56.0 Å². The van der Waals surface area contributed by atoms with Crippen molar-refractivity contribution in [2.24, 2.45) is 0 Å². The molecule has 2 aromatic rings. The van der Waals surface area contributed by atoms with Gasteiger partial charge in [-0.25, -0.2) is 0 Å². The second-order valence-corrected chi connectivity index (χ2v) is 6.72. The van der Waals surface area contributed by atoms with Crippen LogP contribution in [0, 0.1) is 6.92 Å². The molecule has 3 rings (SSSR count). The molecule has 1 atom stereocenters. The second-order valence-electron chi connectivity index (χ2n) is 6.72. The third kappa shape index (κ3) is 4.59. The summed E-state index contributed by atoms with van der Waals surface area (Å²) in [6, 6.07) is 18.7. The highest BCUT2D eigenvalue weighted by Gasteiger charge is 2.22. The van der Waals surface area contributed by atoms with Crippen molar-refractivity contribution in [2.75, 3.05) is 26.2 Å². The largest absolute Gasteiger partial charge is 0.491 e. The molecular formula is C21H27NO2. The Hall–Kier alpha value is -1.84. The van der Waals surface area contributed by atoms with Gasteiger partial charge in [-0.3, -0.25) is 0 Å². The zero-order chi connectivity index (χ0) is 16.8. The van der Waals surface area contributed by atoms with Crippen molar-refractivity contribution in [3.63, 3.8) is 0 Å². The van der Waals surface area contributed by atoms with Crippen LogP contribution < -0.4 is 4.74 Å². The van der Waals surface area contributed by atoms with E-state index in [0.29, 0.717) is 19.1 Å². The number of ether oxygens (including phenoxy) is 1. The van der Waals surface area contributed by atoms with Crippen molar-refractivity contribution >= 4 is 0 Å². The van der Waals surface area contributed by atoms with E-state index in [-0.39, 0.29) is 0 Å². The van der Waals surface area contributed by atoms with Crippen molar-refractivity contribution in [3.8, 4) is 5.75 Å². The second kappa shape index (κ2) is 8.32. The SMILES string of the molecule is Cc1ccccc1OC[C@H](O)CN1CCC(c2ccccc2)CC1. The summed E-state index contributed by atoms with van der Waals surface area (Å²) < 4.78 is 5.75. The van der Waals surface area contributed by atoms with E-state index in [0.717, 1.165) is 37.2 Å². The minimum Gasteiger partial charge on any atom is -0.491 e. The number of hydrogen-bond donors (Lipinski definition) is 1. The van der Waals surface area contributed by atoms with Crippen LogP contribution >= 0.6 is 0 Å². The van der Waals surface area contributed by atoms with Gasteiger partial charge in [0.25, 0.3) is 0 Å². The number of aliphatic hydroxyl groups is 1. The average Bonchev–Trinajstić information content (AvgIpc) is 2.62. The summed E-state index contributed by atoms with van der Waals surface area (Å²) in [5.41, 5.74) is 2.55. The first kappa shape index (κ1) is 17.0. The van der Waals surface area contributed by atoms with Crippen LogP contribution in [0.5, 0.6) is 5.75 Å². The summed E-state index contributed by atoms with van der Waals surface area (Å²) in [4.78, 5) is 2.35. The summed E-state index contributed by atoms with van der Waals surface area (Å²) in [5, 5.41) is 10.3. The van der Waals surface area contributed by atoms with E-state index in [1.54, 1.807) is 0 Å². The van der Waals surface area contributed by atoms with E-state index in [1.165, 1.54) is 5.56 Å². The Morgan fingerprint density at radius 1 is 1.04 bits per heavy atom. The molecule has 1 aliphatic rings. The van der Waals surface area contributed by atoms with E-state index in [1.807, 2.05) is 31.2 Å². The maximum atomic E-state index is 10.3. The molecule has 128 valence electrons. The van der Waals surface area contributed by atoms with E-state index < -0.39 is 6.10 Å². The molecule has 1 N–H and O–H groups in total. The molecule has 0 amide bonds. The van der Waals surface area contributed by atoms with Crippen LogP contribution in [0.15, 0.2) is 54.6 Å². The molecule has 24 heavy (non-hydrogen) atoms. The molecule has 0 bridgehead atoms. The first-order chi connectivity index (χ1) is 11.7. The van der Waals surface area contributed by atoms with Crippen LogP contribution in [-0.2, 0) is 0 Å². The molecule has 1 aliphatic heterocycles. The van der Waals surface area contributed by atoms with Gasteiger partial charge in [-0.15, -0.1) is 0 Å². The predicted octanol–water partition coefficient (Wildman–Crippen LogP) is 3.61. The summed E-state index contributed by atoms with van der Waals surface area (Å²) in [6.45, 7) is 5.15. The lowest BCUT2D eigenvalue weighted by atomic mass is 9.89. The first-order valence-corrected chi connectivity index (χ1v) is 8.86. The fraction of sp³-hybridized carbons (Fsp3) is 0.429. The number of rotatable bonds is 6. The molecule has 0 spiro atoms. The number of aryl methyl sites for hydroxylation is 1. The van der Waals surface area contributed by atoms with Crippen molar-refractivity contribution in [3.05, 3.63) is 65.7 Å². The normalized spacial score (nSPS) is 17.6. The van der Waals surface area contributed by atoms with Gasteiger partial charge < -0.3 is 14.7 Å². The minimum atomic E-state index is -0.446. The zero-order valence-corrected chi connectivity index (χ0v) is 14.4. The Morgan fingerprint density at radius 3 is 2.42 bits per heavy atom. The van der Waals surface area contributed by atoms with Crippen molar-refractivity contribution in [2.45, 2.75) is 31.8 Å². The van der Waals surface area contributed by atoms with Crippen LogP contribution in [0.1, 0.15) is 29.9 Å². The Balaban J connectivity index is 1.42. The summed E-state index contributed by atoms with van der Waals surface area (Å²) in [5.74, 6) is 1.52. The fourth-order valence-corrected chi connectivity index (χ4v) is 3.43. The highest BCUT2D eigenvalue weighted by Crippen LogP contribution is 2.27. The smallest absolute Gasteiger partial charge is 0.122 e. The minimum absolute atomic E-state index is 0.351. The lowest BCUT2D eigenvalue weighted by Crippen LogP contribution is -2.40. The van der Waals surface area contributed by atoms with Crippen LogP contribution in [0.3, 0.4) is 0 Å². The van der Waals surface area contributed by atoms with Crippen molar-refractivity contribution < 1.29 is 9.84 Å². The van der Waals surface area contributed by atoms with Gasteiger partial charge in [0.1, 0.15) is 18.5 Å². The lowest BCUT2D eigenvalue weighted by Gasteiger charge is -2.33. The lowest BCUT2D eigenvalue weighted by molar-refractivity contribution is 0.0592. The molecule has 1 heterocycles. The maximum absolute atomic E-state index is 10.3. The van der Waals surface area contributed by atoms with Gasteiger partial charge in [0.05, 0.1) is 0 Å². The molecular weight excluding hydrogens is 298 g/mol. The molecule has 1 saturated heterocycles. The third-order valence-corrected chi connectivity index (χ3v) is 4.85. The molecule has 3 nitrogen and oxygen atoms in total. The number of aliphatic hydroxyl groups excluding tert-OH is 1. The molecule has 0 aliphatic carbocycles. The highest BCUT2D eigenvalue weighted by molar-refractivity contribution is 5.31. The highest BCUT2D eigenvalue weighted by atomic mass is 16.5. The number of nitrogens with zero attached hydrogens (tertiary/aromatic N) is 1. The maximum Gasteiger partial charge on any atom is 0.122 e. The number of hydrogen-bond acceptors (Lipinski definition) is 3. The van der Waals surface area contributed by atoms with Gasteiger partial charge in [0.15, 0.2) is 0 Å². The Bertz CT molecular complexity index is 621. The van der Waals surface area contributed by atoms with E-state index in [4.69, 9.17) is 4.74 Å². The van der Waals surface area contributed by atoms with Gasteiger partial charge in [0.2, 0.25) is 0 Å². The summed E-state index contributed by atoms with van der Waals surface area (Å²) >= 11 is 0. The zero-order valence-electron chi connectivity index (χ0n) is 14.4. The predicted molar refractivity (Wildman–Crippen MR) is 97.5 cm³/mol. The van der Waals surface area contributed by atoms with E-state index in [2.05, 4.69) is 35.2 Å². The third-order valence-electron chi connectivity index (χ3n) is 4.85. The number of para-hydroxylation sites is 1. The monoisotopic (exact) mass is 325 g/mol. The topological polar surface area (TPSA) is 32.7 Å². The molecule has 0 aromatic heterocycles. The molecule has 1 fully saturated rings. The van der Waals surface area contributed by atoms with Gasteiger partial charge in [0, 0.05) is 6.54 Å². The van der Waals surface area contributed by atoms with Crippen molar-refractivity contribution in [1.29, 1.82) is 0 Å². The average molecular weight is 325 g/mol. The van der Waals surface area contributed by atoms with E-state index >= 15 is 0 Å². The van der Waals surface area contributed by atoms with Gasteiger partial charge in [-0.2, -0.15) is 0 Å². The summed E-state index contributed by atoms with van der Waals surface area (Å²) in [6.07, 6.45) is 1.88. The standard InChI is InChI=1S/C21H27NO2/c1-17-7-5-6-10-21(17)24-16-20(23)15-22-13-11-19(12-14-22)18-8-3-2-4-9-18/h2-10,19-20,23H,11-16H2,1H3/t20-/m1/s1. The van der Waals surface area contributed by atoms with Crippen LogP contribution in [0.25, 0.3) is 0 Å². The Morgan fingerprint density at radius 2 is 1.71 bits per heavy atom. The Kier molecular flexibility index (Phi) is 5.89. The fourth-order valence-electron chi connectivity index (χ4n) is 3.43. The number of β-amino-alcohol motifs (C(OH)–C–C–N with tert-alkyl or cyclic N) is 1. The number of likely N-dealkylation sites (tertiary alicyclic amines) is 1. The van der Waals surface area contributed by atoms with Gasteiger partial charge in [-0.1, -0.05) is 48.5 Å².